The quantitative estimate of drug-likeness (QED) is 0.832. The molecular weight excluding hydrogens is 340 g/mol. The van der Waals surface area contributed by atoms with E-state index >= 15 is 0 Å². The lowest BCUT2D eigenvalue weighted by Crippen LogP contribution is -2.17. The van der Waals surface area contributed by atoms with Gasteiger partial charge in [-0.15, -0.1) is 0 Å². The van der Waals surface area contributed by atoms with E-state index in [0.29, 0.717) is 17.8 Å². The number of anilines is 1. The first-order chi connectivity index (χ1) is 11.0. The zero-order valence-electron chi connectivity index (χ0n) is 12.0. The Morgan fingerprint density at radius 3 is 1.88 bits per heavy atom. The fraction of sp³-hybridized carbons (Fsp3) is 0.214. The van der Waals surface area contributed by atoms with Crippen LogP contribution in [0.3, 0.4) is 0 Å². The Kier molecular flexibility index (Phi) is 4.50. The number of amides is 1. The lowest BCUT2D eigenvalue weighted by molar-refractivity contribution is -0.143. The third-order valence-electron chi connectivity index (χ3n) is 2.87. The fourth-order valence-corrected chi connectivity index (χ4v) is 1.73. The lowest BCUT2D eigenvalue weighted by Gasteiger charge is -2.14. The van der Waals surface area contributed by atoms with Crippen molar-refractivity contribution in [3.8, 4) is 0 Å². The molecule has 0 unspecified atom stereocenters. The first kappa shape index (κ1) is 17.7. The Hall–Kier alpha value is -2.65. The van der Waals surface area contributed by atoms with Crippen molar-refractivity contribution >= 4 is 11.7 Å². The van der Waals surface area contributed by atoms with Crippen molar-refractivity contribution in [1.82, 2.24) is 9.97 Å². The third kappa shape index (κ3) is 4.21. The number of aromatic nitrogens is 2. The molecule has 0 radical (unpaired) electrons. The predicted molar refractivity (Wildman–Crippen MR) is 71.2 cm³/mol. The second kappa shape index (κ2) is 6.10. The molecule has 0 atom stereocenters. The van der Waals surface area contributed by atoms with Gasteiger partial charge in [0.05, 0.1) is 29.2 Å². The van der Waals surface area contributed by atoms with Gasteiger partial charge in [-0.25, -0.2) is 4.98 Å². The minimum atomic E-state index is -5.03. The summed E-state index contributed by atoms with van der Waals surface area (Å²) in [7, 11) is 0. The van der Waals surface area contributed by atoms with Crippen LogP contribution in [0.15, 0.2) is 30.6 Å². The molecule has 2 aromatic rings. The molecule has 1 aromatic carbocycles. The van der Waals surface area contributed by atoms with Gasteiger partial charge in [-0.2, -0.15) is 26.3 Å². The number of halogens is 6. The van der Waals surface area contributed by atoms with E-state index < -0.39 is 35.0 Å². The van der Waals surface area contributed by atoms with Crippen LogP contribution in [0.1, 0.15) is 27.2 Å². The zero-order valence-corrected chi connectivity index (χ0v) is 12.0. The van der Waals surface area contributed by atoms with Gasteiger partial charge in [0.1, 0.15) is 0 Å². The van der Waals surface area contributed by atoms with Gasteiger partial charge in [0.25, 0.3) is 5.91 Å². The molecule has 1 amide bonds. The van der Waals surface area contributed by atoms with Gasteiger partial charge < -0.3 is 5.32 Å². The lowest BCUT2D eigenvalue weighted by atomic mass is 10.0. The summed E-state index contributed by atoms with van der Waals surface area (Å²) in [5, 5.41) is 2.10. The average molecular weight is 349 g/mol. The topological polar surface area (TPSA) is 54.9 Å². The normalized spacial score (nSPS) is 12.1. The monoisotopic (exact) mass is 349 g/mol. The van der Waals surface area contributed by atoms with Crippen LogP contribution in [0.5, 0.6) is 0 Å². The van der Waals surface area contributed by atoms with E-state index in [9.17, 15) is 31.1 Å². The molecule has 0 spiro atoms. The van der Waals surface area contributed by atoms with E-state index in [0.717, 1.165) is 6.20 Å². The summed E-state index contributed by atoms with van der Waals surface area (Å²) in [5.41, 5.74) is -3.42. The minimum absolute atomic E-state index is 0.0531. The molecule has 4 nitrogen and oxygen atoms in total. The smallest absolute Gasteiger partial charge is 0.305 e. The van der Waals surface area contributed by atoms with Crippen LogP contribution in [0.4, 0.5) is 32.2 Å². The molecule has 0 aliphatic carbocycles. The molecule has 2 rings (SSSR count). The minimum Gasteiger partial charge on any atom is -0.305 e. The van der Waals surface area contributed by atoms with Gasteiger partial charge in [-0.1, -0.05) is 0 Å². The molecule has 24 heavy (non-hydrogen) atoms. The summed E-state index contributed by atoms with van der Waals surface area (Å²) in [6, 6.07) is 0.626. The number of benzene rings is 1. The highest BCUT2D eigenvalue weighted by Crippen LogP contribution is 2.36. The number of nitrogens with zero attached hydrogens (tertiary/aromatic N) is 2. The van der Waals surface area contributed by atoms with Gasteiger partial charge in [-0.05, 0) is 25.1 Å². The number of carbonyl (C=O) groups is 1. The van der Waals surface area contributed by atoms with Crippen molar-refractivity contribution in [1.29, 1.82) is 0 Å². The van der Waals surface area contributed by atoms with Gasteiger partial charge in [0.15, 0.2) is 5.82 Å². The molecule has 10 heteroatoms. The van der Waals surface area contributed by atoms with Crippen molar-refractivity contribution in [3.05, 3.63) is 53.0 Å². The highest BCUT2D eigenvalue weighted by Gasteiger charge is 2.37. The fourth-order valence-electron chi connectivity index (χ4n) is 1.73. The number of alkyl halides is 6. The summed E-state index contributed by atoms with van der Waals surface area (Å²) in [5.74, 6) is -1.26. The van der Waals surface area contributed by atoms with Crippen LogP contribution >= 0.6 is 0 Å². The van der Waals surface area contributed by atoms with Gasteiger partial charge in [0, 0.05) is 5.56 Å². The van der Waals surface area contributed by atoms with Crippen molar-refractivity contribution in [3.63, 3.8) is 0 Å². The van der Waals surface area contributed by atoms with Crippen LogP contribution in [-0.2, 0) is 12.4 Å². The number of aryl methyl sites for hydroxylation is 1. The van der Waals surface area contributed by atoms with Gasteiger partial charge in [0.2, 0.25) is 0 Å². The molecule has 128 valence electrons. The molecule has 0 fully saturated rings. The van der Waals surface area contributed by atoms with Gasteiger partial charge >= 0.3 is 12.4 Å². The van der Waals surface area contributed by atoms with Crippen molar-refractivity contribution in [2.75, 3.05) is 5.32 Å². The number of rotatable bonds is 2. The van der Waals surface area contributed by atoms with E-state index in [1.807, 2.05) is 0 Å². The number of hydrogen-bond donors (Lipinski definition) is 1. The number of nitrogens with one attached hydrogen (secondary N) is 1. The van der Waals surface area contributed by atoms with Crippen molar-refractivity contribution in [2.24, 2.45) is 0 Å². The Morgan fingerprint density at radius 2 is 1.46 bits per heavy atom. The largest absolute Gasteiger partial charge is 0.416 e. The highest BCUT2D eigenvalue weighted by molar-refractivity contribution is 6.04. The molecule has 1 heterocycles. The van der Waals surface area contributed by atoms with E-state index in [-0.39, 0.29) is 11.9 Å². The zero-order chi connectivity index (χ0) is 18.1. The standard InChI is InChI=1S/C14H9F6N3O/c1-7-5-22-11(6-21-7)23-12(24)8-2-9(13(15,16)17)4-10(3-8)14(18,19)20/h2-6H,1H3,(H,22,23,24). The molecule has 0 aliphatic heterocycles. The molecule has 1 aromatic heterocycles. The van der Waals surface area contributed by atoms with Crippen molar-refractivity contribution in [2.45, 2.75) is 19.3 Å². The summed E-state index contributed by atoms with van der Waals surface area (Å²) < 4.78 is 76.5. The Bertz CT molecular complexity index is 720. The van der Waals surface area contributed by atoms with E-state index in [1.165, 1.54) is 6.20 Å². The maximum absolute atomic E-state index is 12.7. The number of hydrogen-bond acceptors (Lipinski definition) is 3. The van der Waals surface area contributed by atoms with Crippen LogP contribution in [0.2, 0.25) is 0 Å². The van der Waals surface area contributed by atoms with Crippen LogP contribution in [0, 0.1) is 6.92 Å². The van der Waals surface area contributed by atoms with Crippen LogP contribution in [0.25, 0.3) is 0 Å². The Labute approximate surface area is 131 Å². The second-order valence-electron chi connectivity index (χ2n) is 4.79. The summed E-state index contributed by atoms with van der Waals surface area (Å²) in [6.07, 6.45) is -7.64. The molecule has 1 N–H and O–H groups in total. The molecular formula is C14H9F6N3O. The highest BCUT2D eigenvalue weighted by atomic mass is 19.4. The van der Waals surface area contributed by atoms with Crippen molar-refractivity contribution < 1.29 is 31.1 Å². The Balaban J connectivity index is 2.40. The van der Waals surface area contributed by atoms with E-state index in [2.05, 4.69) is 15.3 Å². The first-order valence-corrected chi connectivity index (χ1v) is 6.36. The third-order valence-corrected chi connectivity index (χ3v) is 2.87. The maximum Gasteiger partial charge on any atom is 0.416 e. The Morgan fingerprint density at radius 1 is 0.917 bits per heavy atom. The molecule has 0 aliphatic rings. The van der Waals surface area contributed by atoms with E-state index in [1.54, 1.807) is 6.92 Å². The number of carbonyl (C=O) groups excluding carboxylic acids is 1. The maximum atomic E-state index is 12.7. The SMILES string of the molecule is Cc1cnc(NC(=O)c2cc(C(F)(F)F)cc(C(F)(F)F)c2)cn1. The molecule has 0 saturated heterocycles. The first-order valence-electron chi connectivity index (χ1n) is 6.36. The molecule has 0 bridgehead atoms. The van der Waals surface area contributed by atoms with Crippen LogP contribution in [-0.4, -0.2) is 15.9 Å². The van der Waals surface area contributed by atoms with E-state index in [4.69, 9.17) is 0 Å². The average Bonchev–Trinajstić information content (AvgIpc) is 2.47. The van der Waals surface area contributed by atoms with Crippen LogP contribution < -0.4 is 5.32 Å². The predicted octanol–water partition coefficient (Wildman–Crippen LogP) is 4.07. The summed E-state index contributed by atoms with van der Waals surface area (Å²) >= 11 is 0. The molecule has 0 saturated carbocycles. The second-order valence-corrected chi connectivity index (χ2v) is 4.79. The van der Waals surface area contributed by atoms with Gasteiger partial charge in [-0.3, -0.25) is 9.78 Å². The summed E-state index contributed by atoms with van der Waals surface area (Å²) in [4.78, 5) is 19.5. The summed E-state index contributed by atoms with van der Waals surface area (Å²) in [6.45, 7) is 1.61.